The van der Waals surface area contributed by atoms with Crippen molar-refractivity contribution in [1.29, 1.82) is 0 Å². The number of nitrogens with zero attached hydrogens (tertiary/aromatic N) is 3. The van der Waals surface area contributed by atoms with Crippen LogP contribution in [0.5, 0.6) is 0 Å². The van der Waals surface area contributed by atoms with Crippen molar-refractivity contribution in [2.24, 2.45) is 18.9 Å². The number of aryl methyl sites for hydroxylation is 1. The normalized spacial score (nSPS) is 12.9. The SMILES string of the molecule is CC(C)C(O)(c1nncn1C)C(C)C. The van der Waals surface area contributed by atoms with Crippen LogP contribution in [-0.4, -0.2) is 19.9 Å². The van der Waals surface area contributed by atoms with Crippen molar-refractivity contribution >= 4 is 0 Å². The van der Waals surface area contributed by atoms with Crippen LogP contribution in [0, 0.1) is 11.8 Å². The van der Waals surface area contributed by atoms with Gasteiger partial charge < -0.3 is 9.67 Å². The van der Waals surface area contributed by atoms with Crippen LogP contribution in [0.25, 0.3) is 0 Å². The molecule has 0 bridgehead atoms. The first-order valence-corrected chi connectivity index (χ1v) is 4.97. The van der Waals surface area contributed by atoms with Gasteiger partial charge in [0.1, 0.15) is 11.9 Å². The van der Waals surface area contributed by atoms with E-state index in [1.165, 1.54) is 0 Å². The van der Waals surface area contributed by atoms with E-state index in [9.17, 15) is 5.11 Å². The minimum atomic E-state index is -0.898. The van der Waals surface area contributed by atoms with Gasteiger partial charge in [-0.1, -0.05) is 27.7 Å². The number of aliphatic hydroxyl groups is 1. The second kappa shape index (κ2) is 3.69. The van der Waals surface area contributed by atoms with E-state index in [4.69, 9.17) is 0 Å². The monoisotopic (exact) mass is 197 g/mol. The van der Waals surface area contributed by atoms with Gasteiger partial charge >= 0.3 is 0 Å². The van der Waals surface area contributed by atoms with E-state index in [0.29, 0.717) is 5.82 Å². The smallest absolute Gasteiger partial charge is 0.165 e. The van der Waals surface area contributed by atoms with Gasteiger partial charge in [-0.05, 0) is 11.8 Å². The summed E-state index contributed by atoms with van der Waals surface area (Å²) in [6.45, 7) is 7.98. The van der Waals surface area contributed by atoms with Gasteiger partial charge in [-0.2, -0.15) is 0 Å². The molecule has 0 saturated heterocycles. The third-order valence-electron chi connectivity index (χ3n) is 2.83. The zero-order chi connectivity index (χ0) is 10.9. The first-order chi connectivity index (χ1) is 6.40. The van der Waals surface area contributed by atoms with Gasteiger partial charge in [-0.15, -0.1) is 10.2 Å². The first-order valence-electron chi connectivity index (χ1n) is 4.97. The molecule has 80 valence electrons. The highest BCUT2D eigenvalue weighted by molar-refractivity contribution is 5.04. The summed E-state index contributed by atoms with van der Waals surface area (Å²) in [6.07, 6.45) is 1.62. The van der Waals surface area contributed by atoms with Gasteiger partial charge in [0.2, 0.25) is 0 Å². The minimum absolute atomic E-state index is 0.116. The maximum Gasteiger partial charge on any atom is 0.165 e. The highest BCUT2D eigenvalue weighted by Gasteiger charge is 2.40. The molecule has 0 unspecified atom stereocenters. The van der Waals surface area contributed by atoms with Crippen LogP contribution in [0.1, 0.15) is 33.5 Å². The van der Waals surface area contributed by atoms with Crippen LogP contribution in [0.4, 0.5) is 0 Å². The zero-order valence-corrected chi connectivity index (χ0v) is 9.52. The fraction of sp³-hybridized carbons (Fsp3) is 0.800. The van der Waals surface area contributed by atoms with E-state index in [-0.39, 0.29) is 11.8 Å². The zero-order valence-electron chi connectivity index (χ0n) is 9.52. The van der Waals surface area contributed by atoms with Gasteiger partial charge in [0.15, 0.2) is 5.82 Å². The van der Waals surface area contributed by atoms with Gasteiger partial charge in [0, 0.05) is 7.05 Å². The molecule has 0 atom stereocenters. The van der Waals surface area contributed by atoms with Crippen molar-refractivity contribution in [1.82, 2.24) is 14.8 Å². The summed E-state index contributed by atoms with van der Waals surface area (Å²) in [4.78, 5) is 0. The van der Waals surface area contributed by atoms with Crippen molar-refractivity contribution < 1.29 is 5.11 Å². The fourth-order valence-electron chi connectivity index (χ4n) is 1.83. The summed E-state index contributed by atoms with van der Waals surface area (Å²) in [5.74, 6) is 0.873. The Morgan fingerprint density at radius 2 is 1.79 bits per heavy atom. The van der Waals surface area contributed by atoms with E-state index in [1.807, 2.05) is 34.7 Å². The predicted molar refractivity (Wildman–Crippen MR) is 54.6 cm³/mol. The molecule has 1 rings (SSSR count). The van der Waals surface area contributed by atoms with Crippen molar-refractivity contribution in [2.75, 3.05) is 0 Å². The largest absolute Gasteiger partial charge is 0.381 e. The summed E-state index contributed by atoms with van der Waals surface area (Å²) in [5, 5.41) is 18.4. The lowest BCUT2D eigenvalue weighted by Crippen LogP contribution is -2.40. The molecule has 4 heteroatoms. The summed E-state index contributed by atoms with van der Waals surface area (Å²) in [7, 11) is 1.85. The fourth-order valence-corrected chi connectivity index (χ4v) is 1.83. The molecule has 0 amide bonds. The van der Waals surface area contributed by atoms with Crippen molar-refractivity contribution in [2.45, 2.75) is 33.3 Å². The van der Waals surface area contributed by atoms with E-state index < -0.39 is 5.60 Å². The molecule has 4 nitrogen and oxygen atoms in total. The molecule has 0 fully saturated rings. The average Bonchev–Trinajstić information content (AvgIpc) is 2.49. The van der Waals surface area contributed by atoms with Crippen molar-refractivity contribution in [3.8, 4) is 0 Å². The van der Waals surface area contributed by atoms with E-state index in [0.717, 1.165) is 0 Å². The quantitative estimate of drug-likeness (QED) is 0.795. The lowest BCUT2D eigenvalue weighted by atomic mass is 9.79. The van der Waals surface area contributed by atoms with Crippen LogP contribution in [0.3, 0.4) is 0 Å². The Balaban J connectivity index is 3.19. The molecule has 0 saturated carbocycles. The molecule has 0 aromatic carbocycles. The minimum Gasteiger partial charge on any atom is -0.381 e. The Labute approximate surface area is 85.0 Å². The Kier molecular flexibility index (Phi) is 2.95. The highest BCUT2D eigenvalue weighted by atomic mass is 16.3. The van der Waals surface area contributed by atoms with Crippen LogP contribution in [0.15, 0.2) is 6.33 Å². The third-order valence-corrected chi connectivity index (χ3v) is 2.83. The predicted octanol–water partition coefficient (Wildman–Crippen LogP) is 1.31. The van der Waals surface area contributed by atoms with Crippen LogP contribution >= 0.6 is 0 Å². The molecule has 1 heterocycles. The van der Waals surface area contributed by atoms with Crippen molar-refractivity contribution in [3.63, 3.8) is 0 Å². The van der Waals surface area contributed by atoms with Crippen LogP contribution < -0.4 is 0 Å². The number of aromatic nitrogens is 3. The molecule has 14 heavy (non-hydrogen) atoms. The summed E-state index contributed by atoms with van der Waals surface area (Å²) in [6, 6.07) is 0. The summed E-state index contributed by atoms with van der Waals surface area (Å²) >= 11 is 0. The molecular formula is C10H19N3O. The molecule has 0 aliphatic heterocycles. The first kappa shape index (κ1) is 11.2. The topological polar surface area (TPSA) is 50.9 Å². The summed E-state index contributed by atoms with van der Waals surface area (Å²) < 4.78 is 1.78. The third kappa shape index (κ3) is 1.54. The van der Waals surface area contributed by atoms with Crippen LogP contribution in [-0.2, 0) is 12.6 Å². The van der Waals surface area contributed by atoms with Crippen molar-refractivity contribution in [3.05, 3.63) is 12.2 Å². The van der Waals surface area contributed by atoms with Gasteiger partial charge in [0.25, 0.3) is 0 Å². The molecule has 0 spiro atoms. The second-order valence-corrected chi connectivity index (χ2v) is 4.40. The number of hydrogen-bond donors (Lipinski definition) is 1. The molecule has 0 aliphatic carbocycles. The Bertz CT molecular complexity index is 296. The van der Waals surface area contributed by atoms with E-state index in [2.05, 4.69) is 10.2 Å². The lowest BCUT2D eigenvalue weighted by Gasteiger charge is -2.34. The maximum atomic E-state index is 10.6. The van der Waals surface area contributed by atoms with E-state index >= 15 is 0 Å². The van der Waals surface area contributed by atoms with E-state index in [1.54, 1.807) is 10.9 Å². The number of hydrogen-bond acceptors (Lipinski definition) is 3. The average molecular weight is 197 g/mol. The van der Waals surface area contributed by atoms with Gasteiger partial charge in [0.05, 0.1) is 0 Å². The molecule has 1 N–H and O–H groups in total. The molecule has 0 aliphatic rings. The lowest BCUT2D eigenvalue weighted by molar-refractivity contribution is -0.0631. The molecule has 1 aromatic heterocycles. The van der Waals surface area contributed by atoms with Gasteiger partial charge in [-0.25, -0.2) is 0 Å². The second-order valence-electron chi connectivity index (χ2n) is 4.40. The number of rotatable bonds is 3. The highest BCUT2D eigenvalue weighted by Crippen LogP contribution is 2.34. The van der Waals surface area contributed by atoms with Crippen LogP contribution in [0.2, 0.25) is 0 Å². The Morgan fingerprint density at radius 1 is 1.29 bits per heavy atom. The Hall–Kier alpha value is -0.900. The Morgan fingerprint density at radius 3 is 2.07 bits per heavy atom. The maximum absolute atomic E-state index is 10.6. The molecular weight excluding hydrogens is 178 g/mol. The molecule has 1 aromatic rings. The standard InChI is InChI=1S/C10H19N3O/c1-7(2)10(14,8(3)4)9-12-11-6-13(9)5/h6-8,14H,1-5H3. The summed E-state index contributed by atoms with van der Waals surface area (Å²) in [5.41, 5.74) is -0.898. The van der Waals surface area contributed by atoms with Gasteiger partial charge in [-0.3, -0.25) is 0 Å². The molecule has 0 radical (unpaired) electrons.